The third-order valence-corrected chi connectivity index (χ3v) is 2.10. The Labute approximate surface area is 75.6 Å². The molecule has 3 N–H and O–H groups in total. The molecule has 0 aliphatic carbocycles. The number of aromatic nitrogens is 1. The molecule has 2 rings (SSSR count). The molecule has 0 amide bonds. The van der Waals surface area contributed by atoms with E-state index in [2.05, 4.69) is 4.98 Å². The van der Waals surface area contributed by atoms with Gasteiger partial charge in [0.15, 0.2) is 0 Å². The molecule has 13 heavy (non-hydrogen) atoms. The number of nitrogens with two attached hydrogens (primary N) is 1. The average Bonchev–Trinajstić information content (AvgIpc) is 2.46. The molecule has 1 atom stereocenters. The Morgan fingerprint density at radius 1 is 1.38 bits per heavy atom. The fourth-order valence-corrected chi connectivity index (χ4v) is 1.37. The Bertz CT molecular complexity index is 431. The zero-order chi connectivity index (χ0) is 9.42. The number of rotatable bonds is 1. The van der Waals surface area contributed by atoms with E-state index in [9.17, 15) is 4.39 Å². The largest absolute Gasteiger partial charge is 0.357 e. The number of nitrogens with one attached hydrogen (secondary N) is 1. The molecule has 0 fully saturated rings. The van der Waals surface area contributed by atoms with Crippen molar-refractivity contribution in [3.05, 3.63) is 35.8 Å². The Morgan fingerprint density at radius 3 is 2.85 bits per heavy atom. The minimum absolute atomic E-state index is 0.0459. The van der Waals surface area contributed by atoms with Crippen LogP contribution in [0.25, 0.3) is 10.9 Å². The molecule has 2 nitrogen and oxygen atoms in total. The number of aromatic amines is 1. The van der Waals surface area contributed by atoms with Crippen LogP contribution in [0, 0.1) is 5.82 Å². The highest BCUT2D eigenvalue weighted by atomic mass is 19.1. The lowest BCUT2D eigenvalue weighted by atomic mass is 10.2. The smallest absolute Gasteiger partial charge is 0.125 e. The number of hydrogen-bond acceptors (Lipinski definition) is 1. The highest BCUT2D eigenvalue weighted by Crippen LogP contribution is 2.19. The standard InChI is InChI=1S/C10H11FN2/c1-6(12)9-4-7-2-3-8(11)5-10(7)13-9/h2-6,13H,12H2,1H3. The fraction of sp³-hybridized carbons (Fsp3) is 0.200. The van der Waals surface area contributed by atoms with E-state index in [0.717, 1.165) is 16.6 Å². The van der Waals surface area contributed by atoms with Crippen LogP contribution in [0.15, 0.2) is 24.3 Å². The van der Waals surface area contributed by atoms with Gasteiger partial charge >= 0.3 is 0 Å². The van der Waals surface area contributed by atoms with Crippen LogP contribution in [0.1, 0.15) is 18.7 Å². The van der Waals surface area contributed by atoms with Crippen LogP contribution in [0.2, 0.25) is 0 Å². The van der Waals surface area contributed by atoms with Crippen molar-refractivity contribution in [1.29, 1.82) is 0 Å². The van der Waals surface area contributed by atoms with E-state index in [1.807, 2.05) is 13.0 Å². The Morgan fingerprint density at radius 2 is 2.15 bits per heavy atom. The molecule has 0 radical (unpaired) electrons. The quantitative estimate of drug-likeness (QED) is 0.691. The first-order valence-electron chi connectivity index (χ1n) is 4.20. The summed E-state index contributed by atoms with van der Waals surface area (Å²) in [5, 5.41) is 0.994. The van der Waals surface area contributed by atoms with Crippen molar-refractivity contribution in [3.63, 3.8) is 0 Å². The maximum atomic E-state index is 12.8. The number of H-pyrrole nitrogens is 1. The van der Waals surface area contributed by atoms with E-state index < -0.39 is 0 Å². The molecule has 0 saturated carbocycles. The van der Waals surface area contributed by atoms with Gasteiger partial charge in [0.1, 0.15) is 5.82 Å². The van der Waals surface area contributed by atoms with Crippen molar-refractivity contribution in [3.8, 4) is 0 Å². The summed E-state index contributed by atoms with van der Waals surface area (Å²) in [6, 6.07) is 6.56. The zero-order valence-corrected chi connectivity index (χ0v) is 7.34. The molecule has 1 aromatic carbocycles. The third kappa shape index (κ3) is 1.42. The van der Waals surface area contributed by atoms with Gasteiger partial charge in [0.2, 0.25) is 0 Å². The van der Waals surface area contributed by atoms with Crippen LogP contribution < -0.4 is 5.73 Å². The van der Waals surface area contributed by atoms with Gasteiger partial charge < -0.3 is 10.7 Å². The van der Waals surface area contributed by atoms with E-state index >= 15 is 0 Å². The van der Waals surface area contributed by atoms with Crippen LogP contribution in [0.4, 0.5) is 4.39 Å². The van der Waals surface area contributed by atoms with Gasteiger partial charge in [0, 0.05) is 17.3 Å². The van der Waals surface area contributed by atoms with Crippen molar-refractivity contribution in [1.82, 2.24) is 4.98 Å². The first-order chi connectivity index (χ1) is 6.16. The fourth-order valence-electron chi connectivity index (χ4n) is 1.37. The second-order valence-electron chi connectivity index (χ2n) is 3.24. The lowest BCUT2D eigenvalue weighted by Gasteiger charge is -1.98. The summed E-state index contributed by atoms with van der Waals surface area (Å²) in [4.78, 5) is 3.07. The first kappa shape index (κ1) is 8.26. The van der Waals surface area contributed by atoms with Gasteiger partial charge in [0.25, 0.3) is 0 Å². The molecule has 0 aliphatic heterocycles. The van der Waals surface area contributed by atoms with E-state index in [1.54, 1.807) is 6.07 Å². The van der Waals surface area contributed by atoms with Gasteiger partial charge in [-0.2, -0.15) is 0 Å². The van der Waals surface area contributed by atoms with Gasteiger partial charge in [-0.15, -0.1) is 0 Å². The minimum atomic E-state index is -0.231. The van der Waals surface area contributed by atoms with E-state index in [-0.39, 0.29) is 11.9 Å². The lowest BCUT2D eigenvalue weighted by Crippen LogP contribution is -2.04. The van der Waals surface area contributed by atoms with Crippen LogP contribution in [-0.2, 0) is 0 Å². The molecular formula is C10H11FN2. The van der Waals surface area contributed by atoms with Crippen molar-refractivity contribution < 1.29 is 4.39 Å². The number of fused-ring (bicyclic) bond motifs is 1. The Kier molecular flexibility index (Phi) is 1.81. The van der Waals surface area contributed by atoms with Crippen LogP contribution in [0.3, 0.4) is 0 Å². The highest BCUT2D eigenvalue weighted by molar-refractivity contribution is 5.80. The topological polar surface area (TPSA) is 41.8 Å². The third-order valence-electron chi connectivity index (χ3n) is 2.10. The Balaban J connectivity index is 2.62. The predicted molar refractivity (Wildman–Crippen MR) is 50.9 cm³/mol. The van der Waals surface area contributed by atoms with Crippen LogP contribution in [-0.4, -0.2) is 4.98 Å². The monoisotopic (exact) mass is 178 g/mol. The lowest BCUT2D eigenvalue weighted by molar-refractivity contribution is 0.629. The zero-order valence-electron chi connectivity index (χ0n) is 7.34. The van der Waals surface area contributed by atoms with Crippen molar-refractivity contribution in [2.24, 2.45) is 5.73 Å². The summed E-state index contributed by atoms with van der Waals surface area (Å²) in [6.07, 6.45) is 0. The van der Waals surface area contributed by atoms with Gasteiger partial charge in [-0.1, -0.05) is 0 Å². The van der Waals surface area contributed by atoms with Crippen molar-refractivity contribution in [2.75, 3.05) is 0 Å². The van der Waals surface area contributed by atoms with E-state index in [1.165, 1.54) is 12.1 Å². The highest BCUT2D eigenvalue weighted by Gasteiger charge is 2.04. The molecular weight excluding hydrogens is 167 g/mol. The summed E-state index contributed by atoms with van der Waals surface area (Å²) in [5.41, 5.74) is 7.42. The molecule has 68 valence electrons. The molecule has 1 heterocycles. The van der Waals surface area contributed by atoms with Gasteiger partial charge in [-0.25, -0.2) is 4.39 Å². The molecule has 2 aromatic rings. The second-order valence-corrected chi connectivity index (χ2v) is 3.24. The van der Waals surface area contributed by atoms with Gasteiger partial charge in [-0.05, 0) is 36.6 Å². The van der Waals surface area contributed by atoms with E-state index in [4.69, 9.17) is 5.73 Å². The van der Waals surface area contributed by atoms with Gasteiger partial charge in [-0.3, -0.25) is 0 Å². The molecule has 0 spiro atoms. The molecule has 3 heteroatoms. The summed E-state index contributed by atoms with van der Waals surface area (Å²) >= 11 is 0. The van der Waals surface area contributed by atoms with Crippen LogP contribution >= 0.6 is 0 Å². The van der Waals surface area contributed by atoms with Gasteiger partial charge in [0.05, 0.1) is 0 Å². The maximum absolute atomic E-state index is 12.8. The second kappa shape index (κ2) is 2.85. The van der Waals surface area contributed by atoms with Crippen molar-refractivity contribution >= 4 is 10.9 Å². The molecule has 1 aromatic heterocycles. The number of hydrogen-bond donors (Lipinski definition) is 2. The van der Waals surface area contributed by atoms with Crippen LogP contribution in [0.5, 0.6) is 0 Å². The average molecular weight is 178 g/mol. The van der Waals surface area contributed by atoms with Crippen molar-refractivity contribution in [2.45, 2.75) is 13.0 Å². The first-order valence-corrected chi connectivity index (χ1v) is 4.20. The minimum Gasteiger partial charge on any atom is -0.357 e. The Hall–Kier alpha value is -1.35. The summed E-state index contributed by atoms with van der Waals surface area (Å²) in [6.45, 7) is 1.89. The normalized spacial score (nSPS) is 13.5. The summed E-state index contributed by atoms with van der Waals surface area (Å²) in [7, 11) is 0. The molecule has 0 saturated heterocycles. The molecule has 0 aliphatic rings. The number of halogens is 1. The molecule has 0 bridgehead atoms. The SMILES string of the molecule is CC(N)c1cc2ccc(F)cc2[nH]1. The predicted octanol–water partition coefficient (Wildman–Crippen LogP) is 2.33. The maximum Gasteiger partial charge on any atom is 0.125 e. The summed E-state index contributed by atoms with van der Waals surface area (Å²) in [5.74, 6) is -0.231. The number of benzene rings is 1. The van der Waals surface area contributed by atoms with E-state index in [0.29, 0.717) is 0 Å². The summed E-state index contributed by atoms with van der Waals surface area (Å²) < 4.78 is 12.8. The molecule has 1 unspecified atom stereocenters.